The van der Waals surface area contributed by atoms with Crippen LogP contribution < -0.4 is 5.32 Å². The van der Waals surface area contributed by atoms with E-state index in [0.717, 1.165) is 25.2 Å². The monoisotopic (exact) mass is 259 g/mol. The van der Waals surface area contributed by atoms with Crippen molar-refractivity contribution in [3.05, 3.63) is 35.4 Å². The van der Waals surface area contributed by atoms with Crippen LogP contribution in [0.2, 0.25) is 0 Å². The number of likely N-dealkylation sites (N-methyl/N-ethyl adjacent to an activating group) is 1. The van der Waals surface area contributed by atoms with Crippen LogP contribution in [0.3, 0.4) is 0 Å². The van der Waals surface area contributed by atoms with Crippen molar-refractivity contribution < 1.29 is 4.79 Å². The highest BCUT2D eigenvalue weighted by atomic mass is 16.1. The highest BCUT2D eigenvalue weighted by Crippen LogP contribution is 2.04. The van der Waals surface area contributed by atoms with Crippen LogP contribution in [0.25, 0.3) is 0 Å². The Kier molecular flexibility index (Phi) is 6.62. The van der Waals surface area contributed by atoms with E-state index in [2.05, 4.69) is 30.1 Å². The first-order valence-electron chi connectivity index (χ1n) is 6.67. The van der Waals surface area contributed by atoms with Crippen LogP contribution >= 0.6 is 0 Å². The fourth-order valence-corrected chi connectivity index (χ4v) is 1.83. The molecular weight excluding hydrogens is 238 g/mol. The summed E-state index contributed by atoms with van der Waals surface area (Å²) in [6, 6.07) is 9.26. The van der Waals surface area contributed by atoms with E-state index in [0.29, 0.717) is 18.5 Å². The van der Waals surface area contributed by atoms with Crippen LogP contribution in [0, 0.1) is 11.3 Å². The van der Waals surface area contributed by atoms with Crippen molar-refractivity contribution in [1.82, 2.24) is 10.2 Å². The lowest BCUT2D eigenvalue weighted by Crippen LogP contribution is -2.34. The number of nitriles is 1. The molecule has 19 heavy (non-hydrogen) atoms. The Labute approximate surface area is 115 Å². The SMILES string of the molecule is CCN(CC)CCNC(=O)c1ccc(CC#N)cc1. The van der Waals surface area contributed by atoms with Gasteiger partial charge in [-0.1, -0.05) is 26.0 Å². The highest BCUT2D eigenvalue weighted by Gasteiger charge is 2.05. The molecule has 0 aliphatic carbocycles. The molecule has 0 fully saturated rings. The molecule has 1 rings (SSSR count). The van der Waals surface area contributed by atoms with Gasteiger partial charge in [-0.05, 0) is 30.8 Å². The van der Waals surface area contributed by atoms with E-state index in [-0.39, 0.29) is 5.91 Å². The molecule has 0 atom stereocenters. The molecule has 0 radical (unpaired) electrons. The topological polar surface area (TPSA) is 56.1 Å². The van der Waals surface area contributed by atoms with Crippen LogP contribution in [-0.4, -0.2) is 37.0 Å². The first-order chi connectivity index (χ1) is 9.21. The van der Waals surface area contributed by atoms with Gasteiger partial charge in [-0.2, -0.15) is 5.26 Å². The van der Waals surface area contributed by atoms with Gasteiger partial charge in [0.25, 0.3) is 5.91 Å². The smallest absolute Gasteiger partial charge is 0.251 e. The third-order valence-electron chi connectivity index (χ3n) is 3.11. The maximum Gasteiger partial charge on any atom is 0.251 e. The van der Waals surface area contributed by atoms with E-state index in [1.54, 1.807) is 12.1 Å². The summed E-state index contributed by atoms with van der Waals surface area (Å²) in [4.78, 5) is 14.1. The van der Waals surface area contributed by atoms with Crippen LogP contribution in [0.4, 0.5) is 0 Å². The largest absolute Gasteiger partial charge is 0.351 e. The zero-order chi connectivity index (χ0) is 14.1. The Morgan fingerprint density at radius 2 is 1.89 bits per heavy atom. The quantitative estimate of drug-likeness (QED) is 0.812. The number of amides is 1. The lowest BCUT2D eigenvalue weighted by molar-refractivity contribution is 0.0949. The number of nitrogens with one attached hydrogen (secondary N) is 1. The summed E-state index contributed by atoms with van der Waals surface area (Å²) in [7, 11) is 0. The van der Waals surface area contributed by atoms with Crippen LogP contribution in [0.15, 0.2) is 24.3 Å². The molecule has 1 aromatic carbocycles. The van der Waals surface area contributed by atoms with Gasteiger partial charge in [-0.3, -0.25) is 4.79 Å². The van der Waals surface area contributed by atoms with Crippen molar-refractivity contribution in [2.45, 2.75) is 20.3 Å². The minimum atomic E-state index is -0.0596. The van der Waals surface area contributed by atoms with E-state index in [1.807, 2.05) is 12.1 Å². The molecule has 0 unspecified atom stereocenters. The number of hydrogen-bond donors (Lipinski definition) is 1. The van der Waals surface area contributed by atoms with Gasteiger partial charge in [0.05, 0.1) is 12.5 Å². The minimum absolute atomic E-state index is 0.0596. The van der Waals surface area contributed by atoms with Crippen LogP contribution in [0.5, 0.6) is 0 Å². The Balaban J connectivity index is 2.43. The lowest BCUT2D eigenvalue weighted by atomic mass is 10.1. The summed E-state index contributed by atoms with van der Waals surface area (Å²) in [5.74, 6) is -0.0596. The molecule has 0 saturated heterocycles. The number of carbonyl (C=O) groups is 1. The van der Waals surface area contributed by atoms with E-state index in [1.165, 1.54) is 0 Å². The molecule has 0 aromatic heterocycles. The minimum Gasteiger partial charge on any atom is -0.351 e. The summed E-state index contributed by atoms with van der Waals surface area (Å²) in [6.45, 7) is 7.73. The second-order valence-electron chi connectivity index (χ2n) is 4.31. The molecule has 4 nitrogen and oxygen atoms in total. The molecule has 1 amide bonds. The molecule has 1 N–H and O–H groups in total. The molecule has 0 aliphatic heterocycles. The number of rotatable bonds is 7. The van der Waals surface area contributed by atoms with E-state index < -0.39 is 0 Å². The normalized spacial score (nSPS) is 10.2. The van der Waals surface area contributed by atoms with Crippen molar-refractivity contribution in [2.24, 2.45) is 0 Å². The van der Waals surface area contributed by atoms with Gasteiger partial charge in [0.1, 0.15) is 0 Å². The predicted molar refractivity (Wildman–Crippen MR) is 75.9 cm³/mol. The summed E-state index contributed by atoms with van der Waals surface area (Å²) in [5, 5.41) is 11.5. The summed E-state index contributed by atoms with van der Waals surface area (Å²) in [5.41, 5.74) is 1.57. The van der Waals surface area contributed by atoms with Crippen molar-refractivity contribution >= 4 is 5.91 Å². The van der Waals surface area contributed by atoms with Gasteiger partial charge in [0.15, 0.2) is 0 Å². The van der Waals surface area contributed by atoms with Gasteiger partial charge in [0, 0.05) is 18.7 Å². The van der Waals surface area contributed by atoms with Crippen molar-refractivity contribution in [1.29, 1.82) is 5.26 Å². The van der Waals surface area contributed by atoms with Gasteiger partial charge in [-0.15, -0.1) is 0 Å². The van der Waals surface area contributed by atoms with Crippen molar-refractivity contribution in [3.63, 3.8) is 0 Å². The Morgan fingerprint density at radius 1 is 1.26 bits per heavy atom. The fraction of sp³-hybridized carbons (Fsp3) is 0.467. The third kappa shape index (κ3) is 5.11. The Hall–Kier alpha value is -1.86. The summed E-state index contributed by atoms with van der Waals surface area (Å²) in [6.07, 6.45) is 0.379. The zero-order valence-corrected chi connectivity index (χ0v) is 11.6. The standard InChI is InChI=1S/C15H21N3O/c1-3-18(4-2)12-11-17-15(19)14-7-5-13(6-8-14)9-10-16/h5-8H,3-4,9,11-12H2,1-2H3,(H,17,19). The zero-order valence-electron chi connectivity index (χ0n) is 11.6. The average Bonchev–Trinajstić information content (AvgIpc) is 2.44. The molecule has 1 aromatic rings. The second kappa shape index (κ2) is 8.28. The molecular formula is C15H21N3O. The fourth-order valence-electron chi connectivity index (χ4n) is 1.83. The number of carbonyl (C=O) groups excluding carboxylic acids is 1. The molecule has 102 valence electrons. The van der Waals surface area contributed by atoms with Crippen LogP contribution in [0.1, 0.15) is 29.8 Å². The lowest BCUT2D eigenvalue weighted by Gasteiger charge is -2.17. The maximum atomic E-state index is 11.9. The van der Waals surface area contributed by atoms with E-state index in [9.17, 15) is 4.79 Å². The average molecular weight is 259 g/mol. The predicted octanol–water partition coefficient (Wildman–Crippen LogP) is 1.82. The molecule has 0 saturated carbocycles. The highest BCUT2D eigenvalue weighted by molar-refractivity contribution is 5.94. The van der Waals surface area contributed by atoms with E-state index >= 15 is 0 Å². The first-order valence-corrected chi connectivity index (χ1v) is 6.67. The third-order valence-corrected chi connectivity index (χ3v) is 3.11. The van der Waals surface area contributed by atoms with Gasteiger partial charge in [-0.25, -0.2) is 0 Å². The summed E-state index contributed by atoms with van der Waals surface area (Å²) >= 11 is 0. The molecule has 0 aliphatic rings. The molecule has 4 heteroatoms. The number of nitrogens with zero attached hydrogens (tertiary/aromatic N) is 2. The maximum absolute atomic E-state index is 11.9. The van der Waals surface area contributed by atoms with Crippen molar-refractivity contribution in [3.8, 4) is 6.07 Å². The van der Waals surface area contributed by atoms with Crippen molar-refractivity contribution in [2.75, 3.05) is 26.2 Å². The number of benzene rings is 1. The van der Waals surface area contributed by atoms with Gasteiger partial charge < -0.3 is 10.2 Å². The summed E-state index contributed by atoms with van der Waals surface area (Å²) < 4.78 is 0. The molecule has 0 heterocycles. The molecule has 0 spiro atoms. The number of hydrogen-bond acceptors (Lipinski definition) is 3. The Bertz CT molecular complexity index is 430. The van der Waals surface area contributed by atoms with E-state index in [4.69, 9.17) is 5.26 Å². The first kappa shape index (κ1) is 15.2. The van der Waals surface area contributed by atoms with Gasteiger partial charge >= 0.3 is 0 Å². The second-order valence-corrected chi connectivity index (χ2v) is 4.31. The molecule has 0 bridgehead atoms. The van der Waals surface area contributed by atoms with Gasteiger partial charge in [0.2, 0.25) is 0 Å². The van der Waals surface area contributed by atoms with Crippen LogP contribution in [-0.2, 0) is 6.42 Å². The Morgan fingerprint density at radius 3 is 2.42 bits per heavy atom.